The molecule has 2 aliphatic carbocycles. The summed E-state index contributed by atoms with van der Waals surface area (Å²) in [7, 11) is 2.17. The Balaban J connectivity index is 1.59. The Kier molecular flexibility index (Phi) is 3.50. The molecule has 0 aliphatic heterocycles. The Labute approximate surface area is 114 Å². The number of rotatable bonds is 3. The van der Waals surface area contributed by atoms with E-state index in [9.17, 15) is 10.2 Å². The van der Waals surface area contributed by atoms with Crippen molar-refractivity contribution in [1.29, 1.82) is 0 Å². The van der Waals surface area contributed by atoms with Gasteiger partial charge in [0.1, 0.15) is 5.75 Å². The van der Waals surface area contributed by atoms with E-state index in [2.05, 4.69) is 18.0 Å². The van der Waals surface area contributed by atoms with Gasteiger partial charge in [0, 0.05) is 12.6 Å². The van der Waals surface area contributed by atoms with E-state index in [1.807, 2.05) is 12.1 Å². The topological polar surface area (TPSA) is 43.7 Å². The van der Waals surface area contributed by atoms with Crippen molar-refractivity contribution in [3.63, 3.8) is 0 Å². The summed E-state index contributed by atoms with van der Waals surface area (Å²) < 4.78 is 0. The summed E-state index contributed by atoms with van der Waals surface area (Å²) in [6.07, 6.45) is 4.39. The Morgan fingerprint density at radius 1 is 1.16 bits per heavy atom. The van der Waals surface area contributed by atoms with Gasteiger partial charge < -0.3 is 10.2 Å². The van der Waals surface area contributed by atoms with Crippen molar-refractivity contribution in [2.45, 2.75) is 44.4 Å². The molecular formula is C16H23NO2. The summed E-state index contributed by atoms with van der Waals surface area (Å²) in [5.74, 6) is 1.80. The summed E-state index contributed by atoms with van der Waals surface area (Å²) in [6, 6.07) is 8.15. The lowest BCUT2D eigenvalue weighted by Gasteiger charge is -2.25. The molecule has 19 heavy (non-hydrogen) atoms. The highest BCUT2D eigenvalue weighted by Gasteiger charge is 2.42. The Bertz CT molecular complexity index is 434. The van der Waals surface area contributed by atoms with Crippen LogP contribution in [0.15, 0.2) is 24.3 Å². The maximum absolute atomic E-state index is 9.68. The first kappa shape index (κ1) is 12.9. The van der Waals surface area contributed by atoms with Gasteiger partial charge >= 0.3 is 0 Å². The maximum Gasteiger partial charge on any atom is 0.115 e. The van der Waals surface area contributed by atoms with Crippen LogP contribution in [-0.2, 0) is 6.54 Å². The molecule has 104 valence electrons. The van der Waals surface area contributed by atoms with Gasteiger partial charge in [-0.2, -0.15) is 0 Å². The van der Waals surface area contributed by atoms with E-state index in [0.717, 1.165) is 31.2 Å². The summed E-state index contributed by atoms with van der Waals surface area (Å²) in [5.41, 5.74) is 1.17. The third-order valence-electron chi connectivity index (χ3n) is 4.93. The molecule has 3 heteroatoms. The molecule has 0 spiro atoms. The van der Waals surface area contributed by atoms with Crippen molar-refractivity contribution in [3.8, 4) is 5.75 Å². The SMILES string of the molecule is CN(Cc1cccc(O)c1)C1C[C@H]2CC(O)C[C@H]2C1. The minimum atomic E-state index is -0.0488. The third kappa shape index (κ3) is 2.77. The number of aliphatic hydroxyl groups excluding tert-OH is 1. The summed E-state index contributed by atoms with van der Waals surface area (Å²) in [5, 5.41) is 19.2. The smallest absolute Gasteiger partial charge is 0.115 e. The monoisotopic (exact) mass is 261 g/mol. The van der Waals surface area contributed by atoms with E-state index in [-0.39, 0.29) is 6.10 Å². The highest BCUT2D eigenvalue weighted by molar-refractivity contribution is 5.27. The van der Waals surface area contributed by atoms with Gasteiger partial charge in [0.25, 0.3) is 0 Å². The van der Waals surface area contributed by atoms with Crippen LogP contribution >= 0.6 is 0 Å². The van der Waals surface area contributed by atoms with Crippen LogP contribution in [0.3, 0.4) is 0 Å². The van der Waals surface area contributed by atoms with E-state index < -0.39 is 0 Å². The molecule has 2 aliphatic rings. The van der Waals surface area contributed by atoms with Crippen molar-refractivity contribution < 1.29 is 10.2 Å². The molecule has 2 unspecified atom stereocenters. The molecular weight excluding hydrogens is 238 g/mol. The molecule has 0 saturated heterocycles. The molecule has 3 nitrogen and oxygen atoms in total. The lowest BCUT2D eigenvalue weighted by molar-refractivity contribution is 0.158. The largest absolute Gasteiger partial charge is 0.508 e. The number of hydrogen-bond donors (Lipinski definition) is 2. The zero-order valence-corrected chi connectivity index (χ0v) is 11.5. The third-order valence-corrected chi connectivity index (χ3v) is 4.93. The lowest BCUT2D eigenvalue weighted by Crippen LogP contribution is -2.29. The predicted octanol–water partition coefficient (Wildman–Crippen LogP) is 2.37. The molecule has 2 fully saturated rings. The first-order valence-corrected chi connectivity index (χ1v) is 7.28. The first-order chi connectivity index (χ1) is 9.11. The molecule has 2 N–H and O–H groups in total. The van der Waals surface area contributed by atoms with E-state index in [1.54, 1.807) is 6.07 Å². The molecule has 1 aromatic rings. The van der Waals surface area contributed by atoms with E-state index in [1.165, 1.54) is 18.4 Å². The van der Waals surface area contributed by atoms with Crippen molar-refractivity contribution in [2.24, 2.45) is 11.8 Å². The van der Waals surface area contributed by atoms with Crippen molar-refractivity contribution in [3.05, 3.63) is 29.8 Å². The molecule has 0 radical (unpaired) electrons. The van der Waals surface area contributed by atoms with Crippen molar-refractivity contribution in [2.75, 3.05) is 7.05 Å². The highest BCUT2D eigenvalue weighted by Crippen LogP contribution is 2.45. The Hall–Kier alpha value is -1.06. The average Bonchev–Trinajstić information content (AvgIpc) is 2.86. The van der Waals surface area contributed by atoms with Gasteiger partial charge in [0.05, 0.1) is 6.10 Å². The molecule has 0 heterocycles. The number of nitrogens with zero attached hydrogens (tertiary/aromatic N) is 1. The number of phenolic OH excluding ortho intramolecular Hbond substituents is 1. The Morgan fingerprint density at radius 2 is 1.84 bits per heavy atom. The van der Waals surface area contributed by atoms with Crippen LogP contribution in [0, 0.1) is 11.8 Å². The quantitative estimate of drug-likeness (QED) is 0.878. The normalized spacial score (nSPS) is 33.8. The molecule has 3 rings (SSSR count). The van der Waals surface area contributed by atoms with Crippen LogP contribution in [0.5, 0.6) is 5.75 Å². The average molecular weight is 261 g/mol. The van der Waals surface area contributed by atoms with Crippen molar-refractivity contribution >= 4 is 0 Å². The summed E-state index contributed by atoms with van der Waals surface area (Å²) in [4.78, 5) is 2.40. The fourth-order valence-electron chi connectivity index (χ4n) is 3.98. The second-order valence-corrected chi connectivity index (χ2v) is 6.36. The number of phenols is 1. The minimum absolute atomic E-state index is 0.0488. The van der Waals surface area contributed by atoms with Crippen molar-refractivity contribution in [1.82, 2.24) is 4.90 Å². The van der Waals surface area contributed by atoms with Gasteiger partial charge in [-0.25, -0.2) is 0 Å². The molecule has 0 bridgehead atoms. The number of benzene rings is 1. The summed E-state index contributed by atoms with van der Waals surface area (Å²) in [6.45, 7) is 0.890. The lowest BCUT2D eigenvalue weighted by atomic mass is 10.0. The second kappa shape index (κ2) is 5.14. The minimum Gasteiger partial charge on any atom is -0.508 e. The van der Waals surface area contributed by atoms with Crippen LogP contribution in [0.2, 0.25) is 0 Å². The molecule has 1 aromatic carbocycles. The van der Waals surface area contributed by atoms with Crippen LogP contribution in [-0.4, -0.2) is 34.3 Å². The molecule has 2 saturated carbocycles. The second-order valence-electron chi connectivity index (χ2n) is 6.36. The van der Waals surface area contributed by atoms with Gasteiger partial charge in [-0.15, -0.1) is 0 Å². The number of aliphatic hydroxyl groups is 1. The molecule has 0 amide bonds. The van der Waals surface area contributed by atoms with Crippen LogP contribution in [0.1, 0.15) is 31.2 Å². The highest BCUT2D eigenvalue weighted by atomic mass is 16.3. The predicted molar refractivity (Wildman–Crippen MR) is 74.8 cm³/mol. The maximum atomic E-state index is 9.68. The number of aromatic hydroxyl groups is 1. The van der Waals surface area contributed by atoms with Gasteiger partial charge in [0.2, 0.25) is 0 Å². The van der Waals surface area contributed by atoms with E-state index >= 15 is 0 Å². The van der Waals surface area contributed by atoms with Gasteiger partial charge in [-0.3, -0.25) is 4.90 Å². The Morgan fingerprint density at radius 3 is 2.47 bits per heavy atom. The summed E-state index contributed by atoms with van der Waals surface area (Å²) >= 11 is 0. The fourth-order valence-corrected chi connectivity index (χ4v) is 3.98. The van der Waals surface area contributed by atoms with Gasteiger partial charge in [0.15, 0.2) is 0 Å². The van der Waals surface area contributed by atoms with E-state index in [0.29, 0.717) is 11.8 Å². The molecule has 4 atom stereocenters. The van der Waals surface area contributed by atoms with E-state index in [4.69, 9.17) is 0 Å². The number of hydrogen-bond acceptors (Lipinski definition) is 3. The van der Waals surface area contributed by atoms with Gasteiger partial charge in [-0.05, 0) is 62.3 Å². The zero-order chi connectivity index (χ0) is 13.4. The van der Waals surface area contributed by atoms with Crippen LogP contribution in [0.25, 0.3) is 0 Å². The molecule has 0 aromatic heterocycles. The standard InChI is InChI=1S/C16H23NO2/c1-17(10-11-3-2-4-15(18)5-11)14-6-12-8-16(19)9-13(12)7-14/h2-5,12-14,16,18-19H,6-10H2,1H3/t12-,13+,14?,16?. The van der Waals surface area contributed by atoms with Crippen LogP contribution < -0.4 is 0 Å². The number of fused-ring (bicyclic) bond motifs is 1. The first-order valence-electron chi connectivity index (χ1n) is 7.28. The van der Waals surface area contributed by atoms with Gasteiger partial charge in [-0.1, -0.05) is 12.1 Å². The van der Waals surface area contributed by atoms with Crippen LogP contribution in [0.4, 0.5) is 0 Å². The fraction of sp³-hybridized carbons (Fsp3) is 0.625. The zero-order valence-electron chi connectivity index (χ0n) is 11.5.